The Morgan fingerprint density at radius 3 is 2.44 bits per heavy atom. The van der Waals surface area contributed by atoms with Crippen molar-refractivity contribution in [2.75, 3.05) is 20.1 Å². The summed E-state index contributed by atoms with van der Waals surface area (Å²) in [5.74, 6) is -2.90. The molecule has 150 valence electrons. The van der Waals surface area contributed by atoms with Crippen LogP contribution >= 0.6 is 0 Å². The zero-order chi connectivity index (χ0) is 20.6. The summed E-state index contributed by atoms with van der Waals surface area (Å²) in [6, 6.07) is 5.33. The number of carboxylic acids is 1. The van der Waals surface area contributed by atoms with Gasteiger partial charge in [-0.05, 0) is 37.1 Å². The number of halogens is 3. The van der Waals surface area contributed by atoms with Gasteiger partial charge in [-0.1, -0.05) is 12.5 Å². The van der Waals surface area contributed by atoms with Crippen LogP contribution in [-0.2, 0) is 11.3 Å². The summed E-state index contributed by atoms with van der Waals surface area (Å²) in [6.45, 7) is 1.96. The molecular formula is C17H22F3N3O4. The molecule has 0 spiro atoms. The van der Waals surface area contributed by atoms with E-state index in [1.807, 2.05) is 6.07 Å². The Labute approximate surface area is 154 Å². The minimum Gasteiger partial charge on any atom is -0.475 e. The van der Waals surface area contributed by atoms with E-state index in [9.17, 15) is 22.8 Å². The zero-order valence-corrected chi connectivity index (χ0v) is 14.8. The molecule has 0 unspecified atom stereocenters. The molecule has 0 saturated heterocycles. The molecular weight excluding hydrogens is 367 g/mol. The summed E-state index contributed by atoms with van der Waals surface area (Å²) in [6.07, 6.45) is -2.12. The van der Waals surface area contributed by atoms with E-state index >= 15 is 0 Å². The smallest absolute Gasteiger partial charge is 0.475 e. The van der Waals surface area contributed by atoms with Crippen molar-refractivity contribution in [2.45, 2.75) is 32.0 Å². The molecule has 7 nitrogen and oxygen atoms in total. The van der Waals surface area contributed by atoms with Gasteiger partial charge in [0.05, 0.1) is 0 Å². The molecule has 0 radical (unpaired) electrons. The van der Waals surface area contributed by atoms with Gasteiger partial charge in [0, 0.05) is 31.3 Å². The summed E-state index contributed by atoms with van der Waals surface area (Å²) >= 11 is 0. The summed E-state index contributed by atoms with van der Waals surface area (Å²) in [4.78, 5) is 34.5. The second-order valence-corrected chi connectivity index (χ2v) is 5.93. The number of rotatable bonds is 6. The third-order valence-corrected chi connectivity index (χ3v) is 3.83. The van der Waals surface area contributed by atoms with E-state index in [2.05, 4.69) is 5.32 Å². The largest absolute Gasteiger partial charge is 0.490 e. The van der Waals surface area contributed by atoms with Crippen LogP contribution < -0.4 is 11.1 Å². The van der Waals surface area contributed by atoms with E-state index < -0.39 is 12.1 Å². The van der Waals surface area contributed by atoms with Crippen molar-refractivity contribution in [3.8, 4) is 0 Å². The minimum absolute atomic E-state index is 0.0414. The van der Waals surface area contributed by atoms with Crippen LogP contribution in [0.15, 0.2) is 18.2 Å². The van der Waals surface area contributed by atoms with Gasteiger partial charge in [-0.25, -0.2) is 4.79 Å². The Morgan fingerprint density at radius 1 is 1.26 bits per heavy atom. The van der Waals surface area contributed by atoms with Gasteiger partial charge >= 0.3 is 12.1 Å². The summed E-state index contributed by atoms with van der Waals surface area (Å²) < 4.78 is 31.7. The molecule has 1 heterocycles. The lowest BCUT2D eigenvalue weighted by atomic mass is 10.1. The van der Waals surface area contributed by atoms with Crippen LogP contribution in [0.2, 0.25) is 0 Å². The Kier molecular flexibility index (Phi) is 8.23. The van der Waals surface area contributed by atoms with Crippen LogP contribution in [0.1, 0.15) is 45.5 Å². The molecule has 0 saturated carbocycles. The summed E-state index contributed by atoms with van der Waals surface area (Å²) in [5.41, 5.74) is 7.59. The maximum atomic E-state index is 12.3. The number of alkyl halides is 3. The number of amides is 2. The van der Waals surface area contributed by atoms with E-state index in [0.717, 1.165) is 24.8 Å². The van der Waals surface area contributed by atoms with Crippen LogP contribution in [0.25, 0.3) is 0 Å². The molecule has 4 N–H and O–H groups in total. The van der Waals surface area contributed by atoms with E-state index in [1.54, 1.807) is 24.1 Å². The standard InChI is InChI=1S/C15H21N3O2.C2HF3O2/c1-18(8-4-2-3-7-16)15(20)11-5-6-12-10-17-14(19)13(12)9-11;3-2(4,5)1(6)7/h5-6,9H,2-4,7-8,10,16H2,1H3,(H,17,19);(H,6,7). The Hall–Kier alpha value is -2.62. The Morgan fingerprint density at radius 2 is 1.89 bits per heavy atom. The van der Waals surface area contributed by atoms with E-state index in [0.29, 0.717) is 30.8 Å². The quantitative estimate of drug-likeness (QED) is 0.642. The van der Waals surface area contributed by atoms with Crippen molar-refractivity contribution in [3.63, 3.8) is 0 Å². The van der Waals surface area contributed by atoms with Crippen molar-refractivity contribution in [1.29, 1.82) is 0 Å². The third kappa shape index (κ3) is 6.89. The predicted octanol–water partition coefficient (Wildman–Crippen LogP) is 1.76. The number of hydrogen-bond acceptors (Lipinski definition) is 4. The number of aliphatic carboxylic acids is 1. The van der Waals surface area contributed by atoms with Crippen molar-refractivity contribution >= 4 is 17.8 Å². The van der Waals surface area contributed by atoms with Gasteiger partial charge in [-0.15, -0.1) is 0 Å². The van der Waals surface area contributed by atoms with Gasteiger partial charge in [0.25, 0.3) is 11.8 Å². The van der Waals surface area contributed by atoms with Gasteiger partial charge in [0.1, 0.15) is 0 Å². The molecule has 1 aliphatic rings. The lowest BCUT2D eigenvalue weighted by molar-refractivity contribution is -0.192. The van der Waals surface area contributed by atoms with E-state index in [1.165, 1.54) is 0 Å². The second-order valence-electron chi connectivity index (χ2n) is 5.93. The average molecular weight is 389 g/mol. The van der Waals surface area contributed by atoms with Crippen molar-refractivity contribution in [3.05, 3.63) is 34.9 Å². The van der Waals surface area contributed by atoms with Gasteiger partial charge in [-0.2, -0.15) is 13.2 Å². The number of nitrogens with zero attached hydrogens (tertiary/aromatic N) is 1. The third-order valence-electron chi connectivity index (χ3n) is 3.83. The normalized spacial score (nSPS) is 12.6. The number of carbonyl (C=O) groups is 3. The Bertz CT molecular complexity index is 692. The fourth-order valence-electron chi connectivity index (χ4n) is 2.34. The molecule has 27 heavy (non-hydrogen) atoms. The zero-order valence-electron chi connectivity index (χ0n) is 14.8. The highest BCUT2D eigenvalue weighted by Crippen LogP contribution is 2.18. The highest BCUT2D eigenvalue weighted by molar-refractivity contribution is 6.02. The molecule has 0 fully saturated rings. The number of carboxylic acid groups (broad SMARTS) is 1. The van der Waals surface area contributed by atoms with Crippen molar-refractivity contribution in [1.82, 2.24) is 10.2 Å². The fraction of sp³-hybridized carbons (Fsp3) is 0.471. The van der Waals surface area contributed by atoms with Crippen molar-refractivity contribution in [2.24, 2.45) is 5.73 Å². The van der Waals surface area contributed by atoms with Crippen molar-refractivity contribution < 1.29 is 32.7 Å². The highest BCUT2D eigenvalue weighted by atomic mass is 19.4. The first-order valence-electron chi connectivity index (χ1n) is 8.24. The first-order valence-corrected chi connectivity index (χ1v) is 8.24. The summed E-state index contributed by atoms with van der Waals surface area (Å²) in [7, 11) is 1.79. The molecule has 2 amide bonds. The number of nitrogens with two attached hydrogens (primary N) is 1. The second kappa shape index (κ2) is 9.91. The number of benzene rings is 1. The van der Waals surface area contributed by atoms with Gasteiger partial charge in [-0.3, -0.25) is 9.59 Å². The summed E-state index contributed by atoms with van der Waals surface area (Å²) in [5, 5.41) is 9.88. The first kappa shape index (κ1) is 22.4. The number of unbranched alkanes of at least 4 members (excludes halogenated alkanes) is 2. The molecule has 0 aromatic heterocycles. The fourth-order valence-corrected chi connectivity index (χ4v) is 2.34. The number of carbonyl (C=O) groups excluding carboxylic acids is 2. The van der Waals surface area contributed by atoms with E-state index in [-0.39, 0.29) is 11.8 Å². The molecule has 0 aliphatic carbocycles. The number of nitrogens with one attached hydrogen (secondary N) is 1. The average Bonchev–Trinajstić information content (AvgIpc) is 2.98. The predicted molar refractivity (Wildman–Crippen MR) is 91.2 cm³/mol. The van der Waals surface area contributed by atoms with Crippen LogP contribution in [-0.4, -0.2) is 54.1 Å². The highest BCUT2D eigenvalue weighted by Gasteiger charge is 2.38. The minimum atomic E-state index is -5.08. The van der Waals surface area contributed by atoms with Gasteiger partial charge in [0.2, 0.25) is 0 Å². The SMILES string of the molecule is CN(CCCCCN)C(=O)c1ccc2c(c1)C(=O)NC2.O=C(O)C(F)(F)F. The molecule has 10 heteroatoms. The van der Waals surface area contributed by atoms with E-state index in [4.69, 9.17) is 15.6 Å². The maximum absolute atomic E-state index is 12.3. The monoisotopic (exact) mass is 389 g/mol. The topological polar surface area (TPSA) is 113 Å². The lowest BCUT2D eigenvalue weighted by Crippen LogP contribution is -2.28. The van der Waals surface area contributed by atoms with Gasteiger partial charge in [0.15, 0.2) is 0 Å². The maximum Gasteiger partial charge on any atom is 0.490 e. The molecule has 2 rings (SSSR count). The Balaban J connectivity index is 0.000000445. The number of fused-ring (bicyclic) bond motifs is 1. The molecule has 0 bridgehead atoms. The first-order chi connectivity index (χ1) is 12.6. The molecule has 1 aliphatic heterocycles. The van der Waals surface area contributed by atoms with Crippen LogP contribution in [0.3, 0.4) is 0 Å². The molecule has 1 aromatic rings. The number of hydrogen-bond donors (Lipinski definition) is 3. The molecule has 0 atom stereocenters. The van der Waals surface area contributed by atoms with Crippen LogP contribution in [0, 0.1) is 0 Å². The molecule has 1 aromatic carbocycles. The van der Waals surface area contributed by atoms with Crippen LogP contribution in [0.4, 0.5) is 13.2 Å². The lowest BCUT2D eigenvalue weighted by Gasteiger charge is -2.17. The van der Waals surface area contributed by atoms with Gasteiger partial charge < -0.3 is 21.1 Å². The van der Waals surface area contributed by atoms with Crippen LogP contribution in [0.5, 0.6) is 0 Å².